The van der Waals surface area contributed by atoms with Gasteiger partial charge in [-0.25, -0.2) is 4.79 Å². The summed E-state index contributed by atoms with van der Waals surface area (Å²) in [6.07, 6.45) is 1.77. The molecule has 2 fully saturated rings. The normalized spacial score (nSPS) is 22.1. The fourth-order valence-electron chi connectivity index (χ4n) is 3.98. The van der Waals surface area contributed by atoms with E-state index in [9.17, 15) is 4.79 Å². The lowest BCUT2D eigenvalue weighted by Gasteiger charge is -2.35. The molecule has 2 saturated heterocycles. The predicted molar refractivity (Wildman–Crippen MR) is 86.9 cm³/mol. The molecule has 0 aliphatic carbocycles. The molecule has 2 aromatic rings. The van der Waals surface area contributed by atoms with Crippen LogP contribution in [-0.2, 0) is 16.0 Å². The fourth-order valence-corrected chi connectivity index (χ4v) is 3.98. The van der Waals surface area contributed by atoms with Crippen LogP contribution in [0.1, 0.15) is 18.4 Å². The van der Waals surface area contributed by atoms with E-state index < -0.39 is 0 Å². The average Bonchev–Trinajstić information content (AvgIpc) is 3.24. The SMILES string of the molecule is O=c1cc(C[NH+]2CCC3(CC2)OCCO3)c2cc3c(cc2o1)OCO3. The first-order valence-electron chi connectivity index (χ1n) is 8.69. The van der Waals surface area contributed by atoms with Gasteiger partial charge in [-0.05, 0) is 6.07 Å². The molecular weight excluding hydrogens is 326 g/mol. The minimum atomic E-state index is -0.368. The molecule has 0 radical (unpaired) electrons. The van der Waals surface area contributed by atoms with E-state index in [-0.39, 0.29) is 18.2 Å². The van der Waals surface area contributed by atoms with Gasteiger partial charge in [0.2, 0.25) is 6.79 Å². The lowest BCUT2D eigenvalue weighted by Crippen LogP contribution is -3.12. The van der Waals surface area contributed by atoms with Gasteiger partial charge in [-0.3, -0.25) is 0 Å². The highest BCUT2D eigenvalue weighted by atomic mass is 16.7. The van der Waals surface area contributed by atoms with Gasteiger partial charge in [-0.1, -0.05) is 0 Å². The number of ether oxygens (including phenoxy) is 4. The predicted octanol–water partition coefficient (Wildman–Crippen LogP) is 0.443. The molecule has 1 spiro atoms. The van der Waals surface area contributed by atoms with Crippen LogP contribution in [0.3, 0.4) is 0 Å². The summed E-state index contributed by atoms with van der Waals surface area (Å²) >= 11 is 0. The van der Waals surface area contributed by atoms with Crippen LogP contribution in [0.4, 0.5) is 0 Å². The number of fused-ring (bicyclic) bond motifs is 2. The van der Waals surface area contributed by atoms with E-state index in [0.717, 1.165) is 43.4 Å². The lowest BCUT2D eigenvalue weighted by atomic mass is 10.0. The van der Waals surface area contributed by atoms with E-state index in [1.165, 1.54) is 4.90 Å². The zero-order valence-electron chi connectivity index (χ0n) is 13.8. The minimum absolute atomic E-state index is 0.199. The summed E-state index contributed by atoms with van der Waals surface area (Å²) in [7, 11) is 0. The van der Waals surface area contributed by atoms with Gasteiger partial charge in [-0.15, -0.1) is 0 Å². The highest BCUT2D eigenvalue weighted by Crippen LogP contribution is 2.36. The third-order valence-electron chi connectivity index (χ3n) is 5.30. The van der Waals surface area contributed by atoms with Crippen molar-refractivity contribution in [3.63, 3.8) is 0 Å². The molecule has 1 N–H and O–H groups in total. The maximum Gasteiger partial charge on any atom is 0.336 e. The smallest absolute Gasteiger partial charge is 0.336 e. The van der Waals surface area contributed by atoms with Gasteiger partial charge < -0.3 is 28.3 Å². The zero-order valence-corrected chi connectivity index (χ0v) is 13.8. The van der Waals surface area contributed by atoms with Crippen LogP contribution < -0.4 is 20.0 Å². The van der Waals surface area contributed by atoms with Crippen LogP contribution in [0.5, 0.6) is 11.5 Å². The topological polar surface area (TPSA) is 71.6 Å². The van der Waals surface area contributed by atoms with Crippen LogP contribution in [0.25, 0.3) is 11.0 Å². The molecular formula is C18H20NO6+. The molecule has 132 valence electrons. The highest BCUT2D eigenvalue weighted by Gasteiger charge is 2.41. The largest absolute Gasteiger partial charge is 0.454 e. The van der Waals surface area contributed by atoms with Crippen LogP contribution in [0.15, 0.2) is 27.4 Å². The first-order chi connectivity index (χ1) is 12.2. The summed E-state index contributed by atoms with van der Waals surface area (Å²) in [5.74, 6) is 0.950. The molecule has 1 aromatic carbocycles. The van der Waals surface area contributed by atoms with Crippen molar-refractivity contribution >= 4 is 11.0 Å². The molecule has 7 heteroatoms. The summed E-state index contributed by atoms with van der Waals surface area (Å²) in [5.41, 5.74) is 1.18. The second kappa shape index (κ2) is 5.72. The van der Waals surface area contributed by atoms with Crippen molar-refractivity contribution in [3.05, 3.63) is 34.2 Å². The minimum Gasteiger partial charge on any atom is -0.454 e. The van der Waals surface area contributed by atoms with Crippen LogP contribution >= 0.6 is 0 Å². The number of benzene rings is 1. The van der Waals surface area contributed by atoms with Crippen molar-refractivity contribution < 1.29 is 28.3 Å². The van der Waals surface area contributed by atoms with Gasteiger partial charge in [0.05, 0.1) is 39.1 Å². The highest BCUT2D eigenvalue weighted by molar-refractivity contribution is 5.84. The van der Waals surface area contributed by atoms with Gasteiger partial charge in [0.25, 0.3) is 0 Å². The maximum atomic E-state index is 12.0. The third kappa shape index (κ3) is 2.68. The molecule has 1 aromatic heterocycles. The number of rotatable bonds is 2. The van der Waals surface area contributed by atoms with Crippen molar-refractivity contribution in [2.45, 2.75) is 25.2 Å². The van der Waals surface area contributed by atoms with Crippen molar-refractivity contribution in [2.75, 3.05) is 33.1 Å². The maximum absolute atomic E-state index is 12.0. The van der Waals surface area contributed by atoms with E-state index in [1.807, 2.05) is 6.07 Å². The number of hydrogen-bond acceptors (Lipinski definition) is 6. The third-order valence-corrected chi connectivity index (χ3v) is 5.30. The molecule has 3 aliphatic rings. The monoisotopic (exact) mass is 346 g/mol. The number of hydrogen-bond donors (Lipinski definition) is 1. The first kappa shape index (κ1) is 15.2. The van der Waals surface area contributed by atoms with E-state index in [2.05, 4.69) is 0 Å². The molecule has 5 rings (SSSR count). The Bertz CT molecular complexity index is 860. The Morgan fingerprint density at radius 2 is 1.72 bits per heavy atom. The Morgan fingerprint density at radius 3 is 2.48 bits per heavy atom. The van der Waals surface area contributed by atoms with Crippen molar-refractivity contribution in [1.29, 1.82) is 0 Å². The quantitative estimate of drug-likeness (QED) is 0.796. The number of nitrogens with one attached hydrogen (secondary N) is 1. The Labute approximate surface area is 144 Å². The number of quaternary nitrogens is 1. The molecule has 0 atom stereocenters. The summed E-state index contributed by atoms with van der Waals surface area (Å²) in [4.78, 5) is 13.4. The molecule has 3 aliphatic heterocycles. The Hall–Kier alpha value is -2.09. The van der Waals surface area contributed by atoms with Gasteiger partial charge in [0, 0.05) is 23.1 Å². The van der Waals surface area contributed by atoms with Gasteiger partial charge >= 0.3 is 5.63 Å². The van der Waals surface area contributed by atoms with Crippen molar-refractivity contribution in [3.8, 4) is 11.5 Å². The Morgan fingerprint density at radius 1 is 1.00 bits per heavy atom. The van der Waals surface area contributed by atoms with Gasteiger partial charge in [0.1, 0.15) is 12.1 Å². The molecule has 0 unspecified atom stereocenters. The molecule has 0 saturated carbocycles. The Balaban J connectivity index is 1.42. The number of piperidine rings is 1. The molecule has 4 heterocycles. The molecule has 25 heavy (non-hydrogen) atoms. The van der Waals surface area contributed by atoms with Crippen LogP contribution in [0.2, 0.25) is 0 Å². The summed E-state index contributed by atoms with van der Waals surface area (Å²) in [6, 6.07) is 5.23. The van der Waals surface area contributed by atoms with E-state index in [4.69, 9.17) is 23.4 Å². The van der Waals surface area contributed by atoms with Gasteiger partial charge in [0.15, 0.2) is 17.3 Å². The van der Waals surface area contributed by atoms with E-state index in [1.54, 1.807) is 12.1 Å². The van der Waals surface area contributed by atoms with E-state index >= 15 is 0 Å². The molecule has 0 bridgehead atoms. The van der Waals surface area contributed by atoms with Crippen molar-refractivity contribution in [1.82, 2.24) is 0 Å². The summed E-state index contributed by atoms with van der Waals surface area (Å²) in [6.45, 7) is 4.24. The second-order valence-corrected chi connectivity index (χ2v) is 6.83. The second-order valence-electron chi connectivity index (χ2n) is 6.83. The Kier molecular flexibility index (Phi) is 3.48. The fraction of sp³-hybridized carbons (Fsp3) is 0.500. The number of likely N-dealkylation sites (tertiary alicyclic amines) is 1. The zero-order chi connectivity index (χ0) is 16.9. The molecule has 0 amide bonds. The standard InChI is InChI=1S/C18H19NO6/c20-17-7-12(10-19-3-1-18(2-4-19)23-5-6-24-18)13-8-15-16(22-11-21-15)9-14(13)25-17/h7-9H,1-6,10-11H2/p+1. The van der Waals surface area contributed by atoms with E-state index in [0.29, 0.717) is 30.3 Å². The summed E-state index contributed by atoms with van der Waals surface area (Å²) in [5, 5.41) is 0.907. The lowest BCUT2D eigenvalue weighted by molar-refractivity contribution is -0.922. The summed E-state index contributed by atoms with van der Waals surface area (Å²) < 4.78 is 27.8. The van der Waals surface area contributed by atoms with Crippen LogP contribution in [-0.4, -0.2) is 38.9 Å². The van der Waals surface area contributed by atoms with Crippen LogP contribution in [0, 0.1) is 0 Å². The van der Waals surface area contributed by atoms with Crippen molar-refractivity contribution in [2.24, 2.45) is 0 Å². The first-order valence-corrected chi connectivity index (χ1v) is 8.69. The molecule has 7 nitrogen and oxygen atoms in total. The average molecular weight is 346 g/mol. The van der Waals surface area contributed by atoms with Gasteiger partial charge in [-0.2, -0.15) is 0 Å².